The van der Waals surface area contributed by atoms with E-state index < -0.39 is 0 Å². The van der Waals surface area contributed by atoms with E-state index in [4.69, 9.17) is 0 Å². The molecule has 0 fully saturated rings. The summed E-state index contributed by atoms with van der Waals surface area (Å²) in [6.07, 6.45) is 3.68. The average molecular weight is 262 g/mol. The third kappa shape index (κ3) is 4.21. The lowest BCUT2D eigenvalue weighted by Crippen LogP contribution is -2.27. The molecule has 2 nitrogen and oxygen atoms in total. The van der Waals surface area contributed by atoms with E-state index in [2.05, 4.69) is 23.4 Å². The zero-order valence-corrected chi connectivity index (χ0v) is 11.8. The van der Waals surface area contributed by atoms with Crippen LogP contribution in [-0.4, -0.2) is 19.6 Å². The predicted molar refractivity (Wildman–Crippen MR) is 81.1 cm³/mol. The second-order valence-corrected chi connectivity index (χ2v) is 4.46. The summed E-state index contributed by atoms with van der Waals surface area (Å²) in [4.78, 5) is 2.13. The van der Waals surface area contributed by atoms with Gasteiger partial charge in [-0.05, 0) is 37.2 Å². The minimum atomic E-state index is -0.208. The van der Waals surface area contributed by atoms with Crippen LogP contribution in [-0.2, 0) is 0 Å². The first-order valence-electron chi connectivity index (χ1n) is 6.63. The molecule has 1 unspecified atom stereocenters. The van der Waals surface area contributed by atoms with Crippen LogP contribution in [0.5, 0.6) is 0 Å². The van der Waals surface area contributed by atoms with Crippen molar-refractivity contribution in [2.24, 2.45) is 0 Å². The molecule has 0 heterocycles. The molecule has 1 N–H and O–H groups in total. The van der Waals surface area contributed by atoms with Gasteiger partial charge < -0.3 is 10.2 Å². The summed E-state index contributed by atoms with van der Waals surface area (Å²) in [7, 11) is 0. The second kappa shape index (κ2) is 7.74. The van der Waals surface area contributed by atoms with E-state index in [0.717, 1.165) is 17.8 Å². The number of nitrogens with zero attached hydrogens (tertiary/aromatic N) is 1. The van der Waals surface area contributed by atoms with Crippen LogP contribution in [0.15, 0.2) is 43.5 Å². The molecule has 104 valence electrons. The molecule has 3 heteroatoms. The van der Waals surface area contributed by atoms with Crippen LogP contribution < -0.4 is 10.2 Å². The Morgan fingerprint density at radius 3 is 2.47 bits per heavy atom. The summed E-state index contributed by atoms with van der Waals surface area (Å²) in [5.41, 5.74) is 1.99. The van der Waals surface area contributed by atoms with Crippen LogP contribution in [0.25, 0.3) is 0 Å². The van der Waals surface area contributed by atoms with E-state index in [1.54, 1.807) is 6.07 Å². The Balaban J connectivity index is 3.15. The highest BCUT2D eigenvalue weighted by molar-refractivity contribution is 5.56. The lowest BCUT2D eigenvalue weighted by Gasteiger charge is -2.27. The standard InChI is InChI=1S/C16H23FN2/c1-5-10-19(11-6-2)16-9-8-14(17)12-15(16)13(4)18-7-3/h5-6,8-9,12-13,18H,1-2,7,10-11H2,3-4H3. The minimum Gasteiger partial charge on any atom is -0.364 e. The predicted octanol–water partition coefficient (Wildman–Crippen LogP) is 3.67. The van der Waals surface area contributed by atoms with E-state index in [-0.39, 0.29) is 11.9 Å². The van der Waals surface area contributed by atoms with Crippen molar-refractivity contribution < 1.29 is 4.39 Å². The molecule has 0 aliphatic carbocycles. The third-order valence-corrected chi connectivity index (χ3v) is 3.01. The Bertz CT molecular complexity index is 419. The van der Waals surface area contributed by atoms with Gasteiger partial charge in [0.05, 0.1) is 0 Å². The number of rotatable bonds is 8. The van der Waals surface area contributed by atoms with Crippen molar-refractivity contribution in [2.75, 3.05) is 24.5 Å². The molecule has 1 rings (SSSR count). The molecule has 0 aliphatic rings. The molecule has 0 amide bonds. The highest BCUT2D eigenvalue weighted by Gasteiger charge is 2.14. The molecular weight excluding hydrogens is 239 g/mol. The number of hydrogen-bond acceptors (Lipinski definition) is 2. The van der Waals surface area contributed by atoms with Crippen molar-refractivity contribution in [2.45, 2.75) is 19.9 Å². The van der Waals surface area contributed by atoms with Gasteiger partial charge in [-0.25, -0.2) is 4.39 Å². The highest BCUT2D eigenvalue weighted by atomic mass is 19.1. The first-order chi connectivity index (χ1) is 9.13. The summed E-state index contributed by atoms with van der Waals surface area (Å²) in [5, 5.41) is 3.32. The van der Waals surface area contributed by atoms with E-state index in [0.29, 0.717) is 13.1 Å². The molecule has 0 bridgehead atoms. The number of anilines is 1. The Labute approximate surface area is 115 Å². The van der Waals surface area contributed by atoms with Crippen molar-refractivity contribution in [3.05, 3.63) is 54.9 Å². The van der Waals surface area contributed by atoms with Gasteiger partial charge in [0.15, 0.2) is 0 Å². The molecular formula is C16H23FN2. The van der Waals surface area contributed by atoms with Crippen LogP contribution in [0.1, 0.15) is 25.5 Å². The first-order valence-corrected chi connectivity index (χ1v) is 6.63. The number of benzene rings is 1. The van der Waals surface area contributed by atoms with Crippen LogP contribution in [0.3, 0.4) is 0 Å². The van der Waals surface area contributed by atoms with Crippen molar-refractivity contribution in [1.82, 2.24) is 5.32 Å². The van der Waals surface area contributed by atoms with Gasteiger partial charge >= 0.3 is 0 Å². The summed E-state index contributed by atoms with van der Waals surface area (Å²) >= 11 is 0. The lowest BCUT2D eigenvalue weighted by molar-refractivity contribution is 0.582. The average Bonchev–Trinajstić information content (AvgIpc) is 2.39. The van der Waals surface area contributed by atoms with Gasteiger partial charge in [0.25, 0.3) is 0 Å². The van der Waals surface area contributed by atoms with Gasteiger partial charge in [0, 0.05) is 24.8 Å². The summed E-state index contributed by atoms with van der Waals surface area (Å²) < 4.78 is 13.5. The molecule has 0 saturated heterocycles. The second-order valence-electron chi connectivity index (χ2n) is 4.46. The van der Waals surface area contributed by atoms with Crippen LogP contribution in [0, 0.1) is 5.82 Å². The van der Waals surface area contributed by atoms with E-state index in [1.807, 2.05) is 32.1 Å². The smallest absolute Gasteiger partial charge is 0.123 e. The van der Waals surface area contributed by atoms with Crippen molar-refractivity contribution in [3.63, 3.8) is 0 Å². The van der Waals surface area contributed by atoms with Crippen molar-refractivity contribution >= 4 is 5.69 Å². The van der Waals surface area contributed by atoms with Crippen LogP contribution in [0.2, 0.25) is 0 Å². The first kappa shape index (κ1) is 15.4. The maximum absolute atomic E-state index is 13.5. The van der Waals surface area contributed by atoms with Gasteiger partial charge in [0.2, 0.25) is 0 Å². The normalized spacial score (nSPS) is 11.9. The molecule has 0 radical (unpaired) electrons. The number of hydrogen-bond donors (Lipinski definition) is 1. The summed E-state index contributed by atoms with van der Waals surface area (Å²) in [6, 6.07) is 5.03. The molecule has 0 aromatic heterocycles. The largest absolute Gasteiger partial charge is 0.364 e. The zero-order valence-electron chi connectivity index (χ0n) is 11.8. The molecule has 0 aliphatic heterocycles. The Kier molecular flexibility index (Phi) is 6.30. The Morgan fingerprint density at radius 1 is 1.32 bits per heavy atom. The molecule has 1 atom stereocenters. The van der Waals surface area contributed by atoms with Crippen molar-refractivity contribution in [3.8, 4) is 0 Å². The number of nitrogens with one attached hydrogen (secondary N) is 1. The molecule has 1 aromatic carbocycles. The molecule has 0 spiro atoms. The third-order valence-electron chi connectivity index (χ3n) is 3.01. The monoisotopic (exact) mass is 262 g/mol. The lowest BCUT2D eigenvalue weighted by atomic mass is 10.0. The van der Waals surface area contributed by atoms with Gasteiger partial charge in [-0.2, -0.15) is 0 Å². The molecule has 19 heavy (non-hydrogen) atoms. The van der Waals surface area contributed by atoms with Crippen LogP contribution in [0.4, 0.5) is 10.1 Å². The molecule has 1 aromatic rings. The van der Waals surface area contributed by atoms with Crippen molar-refractivity contribution in [1.29, 1.82) is 0 Å². The summed E-state index contributed by atoms with van der Waals surface area (Å²) in [6.45, 7) is 13.9. The van der Waals surface area contributed by atoms with Crippen LogP contribution >= 0.6 is 0 Å². The minimum absolute atomic E-state index is 0.104. The van der Waals surface area contributed by atoms with Gasteiger partial charge in [0.1, 0.15) is 5.82 Å². The maximum atomic E-state index is 13.5. The maximum Gasteiger partial charge on any atom is 0.123 e. The highest BCUT2D eigenvalue weighted by Crippen LogP contribution is 2.27. The molecule has 0 saturated carbocycles. The Morgan fingerprint density at radius 2 is 1.95 bits per heavy atom. The van der Waals surface area contributed by atoms with E-state index >= 15 is 0 Å². The number of halogens is 1. The topological polar surface area (TPSA) is 15.3 Å². The van der Waals surface area contributed by atoms with Gasteiger partial charge in [-0.15, -0.1) is 13.2 Å². The SMILES string of the molecule is C=CCN(CC=C)c1ccc(F)cc1C(C)NCC. The van der Waals surface area contributed by atoms with Gasteiger partial charge in [-0.3, -0.25) is 0 Å². The Hall–Kier alpha value is -1.61. The fourth-order valence-corrected chi connectivity index (χ4v) is 2.16. The van der Waals surface area contributed by atoms with E-state index in [9.17, 15) is 4.39 Å². The fourth-order valence-electron chi connectivity index (χ4n) is 2.16. The quantitative estimate of drug-likeness (QED) is 0.719. The summed E-state index contributed by atoms with van der Waals surface area (Å²) in [5.74, 6) is -0.208. The van der Waals surface area contributed by atoms with Gasteiger partial charge in [-0.1, -0.05) is 19.1 Å². The van der Waals surface area contributed by atoms with E-state index in [1.165, 1.54) is 6.07 Å². The fraction of sp³-hybridized carbons (Fsp3) is 0.375. The zero-order chi connectivity index (χ0) is 14.3.